The number of carbonyl (C=O) groups is 1. The number of rotatable bonds is 11. The third-order valence-corrected chi connectivity index (χ3v) is 2.68. The van der Waals surface area contributed by atoms with Crippen LogP contribution >= 0.6 is 0 Å². The zero-order valence-electron chi connectivity index (χ0n) is 12.8. The van der Waals surface area contributed by atoms with E-state index in [0.29, 0.717) is 19.8 Å². The second kappa shape index (κ2) is 11.2. The van der Waals surface area contributed by atoms with Gasteiger partial charge >= 0.3 is 5.97 Å². The maximum absolute atomic E-state index is 11.8. The van der Waals surface area contributed by atoms with Crippen LogP contribution in [0.2, 0.25) is 0 Å². The van der Waals surface area contributed by atoms with E-state index in [-0.39, 0.29) is 18.1 Å². The van der Waals surface area contributed by atoms with Gasteiger partial charge in [-0.1, -0.05) is 13.8 Å². The van der Waals surface area contributed by atoms with E-state index in [0.717, 1.165) is 13.1 Å². The lowest BCUT2D eigenvalue weighted by Gasteiger charge is -2.27. The van der Waals surface area contributed by atoms with Crippen molar-refractivity contribution in [3.63, 3.8) is 0 Å². The molecule has 0 aliphatic heterocycles. The molecule has 1 unspecified atom stereocenters. The van der Waals surface area contributed by atoms with Gasteiger partial charge in [0.15, 0.2) is 0 Å². The number of carbonyl (C=O) groups excluding carboxylic acids is 1. The SMILES string of the molecule is COCCN(CCOC)CC(NC(C)C)C(=O)OC. The van der Waals surface area contributed by atoms with Crippen molar-refractivity contribution in [3.05, 3.63) is 0 Å². The number of esters is 1. The van der Waals surface area contributed by atoms with Crippen molar-refractivity contribution in [2.45, 2.75) is 25.9 Å². The molecule has 0 saturated heterocycles. The van der Waals surface area contributed by atoms with E-state index in [1.807, 2.05) is 13.8 Å². The molecule has 6 nitrogen and oxygen atoms in total. The van der Waals surface area contributed by atoms with Gasteiger partial charge in [-0.2, -0.15) is 0 Å². The van der Waals surface area contributed by atoms with Crippen LogP contribution in [0.25, 0.3) is 0 Å². The summed E-state index contributed by atoms with van der Waals surface area (Å²) in [6, 6.07) is -0.116. The van der Waals surface area contributed by atoms with Gasteiger partial charge in [-0.15, -0.1) is 0 Å². The second-order valence-electron chi connectivity index (χ2n) is 4.68. The van der Waals surface area contributed by atoms with Gasteiger partial charge in [-0.3, -0.25) is 9.69 Å². The predicted octanol–water partition coefficient (Wildman–Crippen LogP) is 0.121. The van der Waals surface area contributed by atoms with Crippen LogP contribution in [0.15, 0.2) is 0 Å². The van der Waals surface area contributed by atoms with Crippen molar-refractivity contribution in [2.24, 2.45) is 0 Å². The molecule has 0 rings (SSSR count). The molecule has 0 aliphatic rings. The first-order valence-corrected chi connectivity index (χ1v) is 6.59. The molecule has 114 valence electrons. The summed E-state index contributed by atoms with van der Waals surface area (Å²) < 4.78 is 15.0. The second-order valence-corrected chi connectivity index (χ2v) is 4.68. The average Bonchev–Trinajstić information content (AvgIpc) is 2.39. The van der Waals surface area contributed by atoms with Gasteiger partial charge in [0.25, 0.3) is 0 Å². The minimum Gasteiger partial charge on any atom is -0.468 e. The van der Waals surface area contributed by atoms with Gasteiger partial charge in [0, 0.05) is 39.9 Å². The first-order chi connectivity index (χ1) is 9.04. The smallest absolute Gasteiger partial charge is 0.324 e. The fraction of sp³-hybridized carbons (Fsp3) is 0.923. The van der Waals surface area contributed by atoms with Crippen LogP contribution in [-0.2, 0) is 19.0 Å². The molecule has 0 heterocycles. The first-order valence-electron chi connectivity index (χ1n) is 6.59. The summed E-state index contributed by atoms with van der Waals surface area (Å²) in [6.07, 6.45) is 0. The van der Waals surface area contributed by atoms with Gasteiger partial charge in [-0.25, -0.2) is 0 Å². The molecule has 0 radical (unpaired) electrons. The van der Waals surface area contributed by atoms with Gasteiger partial charge in [0.2, 0.25) is 0 Å². The quantitative estimate of drug-likeness (QED) is 0.541. The Hall–Kier alpha value is -0.690. The lowest BCUT2D eigenvalue weighted by atomic mass is 10.2. The zero-order chi connectivity index (χ0) is 14.7. The van der Waals surface area contributed by atoms with Crippen molar-refractivity contribution in [1.82, 2.24) is 10.2 Å². The first kappa shape index (κ1) is 18.3. The maximum Gasteiger partial charge on any atom is 0.324 e. The number of hydrogen-bond acceptors (Lipinski definition) is 6. The molecular formula is C13H28N2O4. The molecule has 0 fully saturated rings. The predicted molar refractivity (Wildman–Crippen MR) is 74.3 cm³/mol. The van der Waals surface area contributed by atoms with E-state index in [1.54, 1.807) is 14.2 Å². The molecule has 0 aromatic rings. The lowest BCUT2D eigenvalue weighted by Crippen LogP contribution is -2.50. The van der Waals surface area contributed by atoms with Gasteiger partial charge in [0.05, 0.1) is 20.3 Å². The van der Waals surface area contributed by atoms with Gasteiger partial charge < -0.3 is 19.5 Å². The number of hydrogen-bond donors (Lipinski definition) is 1. The Morgan fingerprint density at radius 3 is 2.00 bits per heavy atom. The molecule has 0 bridgehead atoms. The van der Waals surface area contributed by atoms with Crippen LogP contribution in [0.1, 0.15) is 13.8 Å². The Balaban J connectivity index is 4.46. The molecular weight excluding hydrogens is 248 g/mol. The monoisotopic (exact) mass is 276 g/mol. The Morgan fingerprint density at radius 1 is 1.11 bits per heavy atom. The van der Waals surface area contributed by atoms with Crippen LogP contribution < -0.4 is 5.32 Å². The van der Waals surface area contributed by atoms with E-state index in [2.05, 4.69) is 10.2 Å². The third kappa shape index (κ3) is 8.93. The Morgan fingerprint density at radius 2 is 1.63 bits per heavy atom. The molecule has 0 amide bonds. The zero-order valence-corrected chi connectivity index (χ0v) is 12.8. The fourth-order valence-corrected chi connectivity index (χ4v) is 1.73. The highest BCUT2D eigenvalue weighted by Gasteiger charge is 2.22. The molecule has 0 spiro atoms. The van der Waals surface area contributed by atoms with Crippen LogP contribution in [0.4, 0.5) is 0 Å². The summed E-state index contributed by atoms with van der Waals surface area (Å²) in [5.41, 5.74) is 0. The van der Waals surface area contributed by atoms with E-state index in [4.69, 9.17) is 14.2 Å². The van der Waals surface area contributed by atoms with E-state index in [1.165, 1.54) is 7.11 Å². The molecule has 0 saturated carbocycles. The van der Waals surface area contributed by atoms with E-state index in [9.17, 15) is 4.79 Å². The van der Waals surface area contributed by atoms with Crippen LogP contribution in [-0.4, -0.2) is 77.1 Å². The molecule has 1 N–H and O–H groups in total. The van der Waals surface area contributed by atoms with Gasteiger partial charge in [-0.05, 0) is 0 Å². The topological polar surface area (TPSA) is 60.0 Å². The van der Waals surface area contributed by atoms with Gasteiger partial charge in [0.1, 0.15) is 6.04 Å². The average molecular weight is 276 g/mol. The maximum atomic E-state index is 11.8. The number of methoxy groups -OCH3 is 3. The number of nitrogens with one attached hydrogen (secondary N) is 1. The van der Waals surface area contributed by atoms with E-state index >= 15 is 0 Å². The Kier molecular flexibility index (Phi) is 10.8. The van der Waals surface area contributed by atoms with Crippen LogP contribution in [0, 0.1) is 0 Å². The van der Waals surface area contributed by atoms with Crippen molar-refractivity contribution >= 4 is 5.97 Å². The largest absolute Gasteiger partial charge is 0.468 e. The molecule has 0 aromatic carbocycles. The summed E-state index contributed by atoms with van der Waals surface area (Å²) in [4.78, 5) is 13.9. The van der Waals surface area contributed by atoms with E-state index < -0.39 is 0 Å². The van der Waals surface area contributed by atoms with Crippen molar-refractivity contribution in [1.29, 1.82) is 0 Å². The summed E-state index contributed by atoms with van der Waals surface area (Å²) in [7, 11) is 4.74. The Bertz CT molecular complexity index is 229. The minimum atomic E-state index is -0.335. The van der Waals surface area contributed by atoms with Crippen molar-refractivity contribution < 1.29 is 19.0 Å². The highest BCUT2D eigenvalue weighted by atomic mass is 16.5. The third-order valence-electron chi connectivity index (χ3n) is 2.68. The molecule has 0 aliphatic carbocycles. The summed E-state index contributed by atoms with van der Waals surface area (Å²) in [5.74, 6) is -0.242. The number of ether oxygens (including phenoxy) is 3. The van der Waals surface area contributed by atoms with Crippen molar-refractivity contribution in [3.8, 4) is 0 Å². The highest BCUT2D eigenvalue weighted by molar-refractivity contribution is 5.75. The standard InChI is InChI=1S/C13H28N2O4/c1-11(2)14-12(13(16)19-5)10-15(6-8-17-3)7-9-18-4/h11-12,14H,6-10H2,1-5H3. The minimum absolute atomic E-state index is 0.218. The Labute approximate surface area is 116 Å². The fourth-order valence-electron chi connectivity index (χ4n) is 1.73. The molecule has 1 atom stereocenters. The lowest BCUT2D eigenvalue weighted by molar-refractivity contribution is -0.144. The summed E-state index contributed by atoms with van der Waals surface area (Å²) in [6.45, 7) is 7.35. The number of nitrogens with zero attached hydrogens (tertiary/aromatic N) is 1. The van der Waals surface area contributed by atoms with Crippen LogP contribution in [0.3, 0.4) is 0 Å². The highest BCUT2D eigenvalue weighted by Crippen LogP contribution is 1.98. The van der Waals surface area contributed by atoms with Crippen LogP contribution in [0.5, 0.6) is 0 Å². The summed E-state index contributed by atoms with van der Waals surface area (Å²) in [5, 5.41) is 3.22. The molecule has 6 heteroatoms. The summed E-state index contributed by atoms with van der Waals surface area (Å²) >= 11 is 0. The normalized spacial score (nSPS) is 13.0. The van der Waals surface area contributed by atoms with Crippen molar-refractivity contribution in [2.75, 3.05) is 54.2 Å². The molecule has 0 aromatic heterocycles. The molecule has 19 heavy (non-hydrogen) atoms.